The van der Waals surface area contributed by atoms with Gasteiger partial charge in [0.1, 0.15) is 0 Å². The van der Waals surface area contributed by atoms with Crippen molar-refractivity contribution >= 4 is 10.2 Å². The first kappa shape index (κ1) is 14.9. The largest absolute Gasteiger partial charge is 0.320 e. The van der Waals surface area contributed by atoms with Crippen LogP contribution in [0.2, 0.25) is 0 Å². The van der Waals surface area contributed by atoms with Crippen LogP contribution in [0.15, 0.2) is 0 Å². The summed E-state index contributed by atoms with van der Waals surface area (Å²) in [6.45, 7) is 3.43. The summed E-state index contributed by atoms with van der Waals surface area (Å²) in [5.41, 5.74) is -0.171. The fourth-order valence-electron chi connectivity index (χ4n) is 2.08. The summed E-state index contributed by atoms with van der Waals surface area (Å²) in [4.78, 5) is 0. The van der Waals surface area contributed by atoms with E-state index >= 15 is 0 Å². The second-order valence-electron chi connectivity index (χ2n) is 4.87. The maximum absolute atomic E-state index is 12.1. The van der Waals surface area contributed by atoms with Gasteiger partial charge in [-0.1, -0.05) is 6.92 Å². The highest BCUT2D eigenvalue weighted by Crippen LogP contribution is 2.35. The summed E-state index contributed by atoms with van der Waals surface area (Å²) in [7, 11) is 0.191. The van der Waals surface area contributed by atoms with Crippen LogP contribution in [0.1, 0.15) is 39.0 Å². The van der Waals surface area contributed by atoms with Crippen LogP contribution in [0.25, 0.3) is 0 Å². The van der Waals surface area contributed by atoms with Crippen molar-refractivity contribution < 1.29 is 8.42 Å². The predicted molar refractivity (Wildman–Crippen MR) is 70.1 cm³/mol. The third kappa shape index (κ3) is 3.91. The van der Waals surface area contributed by atoms with Crippen molar-refractivity contribution in [2.24, 2.45) is 0 Å². The van der Waals surface area contributed by atoms with E-state index in [1.54, 1.807) is 7.05 Å². The molecule has 0 aliphatic heterocycles. The first-order valence-corrected chi connectivity index (χ1v) is 7.79. The molecule has 0 heterocycles. The number of nitrogens with one attached hydrogen (secondary N) is 2. The summed E-state index contributed by atoms with van der Waals surface area (Å²) in [5, 5.41) is 3.01. The van der Waals surface area contributed by atoms with E-state index < -0.39 is 10.2 Å². The number of hydrogen-bond donors (Lipinski definition) is 2. The molecule has 0 unspecified atom stereocenters. The van der Waals surface area contributed by atoms with E-state index in [0.717, 1.165) is 38.6 Å². The molecule has 0 saturated heterocycles. The lowest BCUT2D eigenvalue weighted by Crippen LogP contribution is -2.56. The Morgan fingerprint density at radius 2 is 2.00 bits per heavy atom. The first-order valence-electron chi connectivity index (χ1n) is 6.35. The van der Waals surface area contributed by atoms with Gasteiger partial charge in [0.25, 0.3) is 10.2 Å². The number of hydrogen-bond acceptors (Lipinski definition) is 3. The average Bonchev–Trinajstić information content (AvgIpc) is 2.23. The van der Waals surface area contributed by atoms with Crippen LogP contribution in [0.5, 0.6) is 0 Å². The maximum Gasteiger partial charge on any atom is 0.279 e. The second kappa shape index (κ2) is 6.13. The minimum absolute atomic E-state index is 0.171. The minimum Gasteiger partial charge on any atom is -0.320 e. The average molecular weight is 263 g/mol. The molecule has 1 saturated carbocycles. The van der Waals surface area contributed by atoms with Gasteiger partial charge in [0, 0.05) is 19.1 Å². The monoisotopic (exact) mass is 263 g/mol. The van der Waals surface area contributed by atoms with Crippen LogP contribution in [0.3, 0.4) is 0 Å². The lowest BCUT2D eigenvalue weighted by molar-refractivity contribution is 0.209. The smallest absolute Gasteiger partial charge is 0.279 e. The highest BCUT2D eigenvalue weighted by atomic mass is 32.2. The van der Waals surface area contributed by atoms with E-state index in [9.17, 15) is 8.42 Å². The maximum atomic E-state index is 12.1. The lowest BCUT2D eigenvalue weighted by Gasteiger charge is -2.42. The van der Waals surface area contributed by atoms with Gasteiger partial charge in [0.15, 0.2) is 0 Å². The van der Waals surface area contributed by atoms with Gasteiger partial charge in [-0.25, -0.2) is 0 Å². The molecule has 0 bridgehead atoms. The van der Waals surface area contributed by atoms with E-state index in [0.29, 0.717) is 6.54 Å². The molecular formula is C11H25N3O2S. The van der Waals surface area contributed by atoms with Crippen LogP contribution in [0, 0.1) is 0 Å². The predicted octanol–water partition coefficient (Wildman–Crippen LogP) is 0.695. The van der Waals surface area contributed by atoms with Crippen molar-refractivity contribution in [2.45, 2.75) is 44.6 Å². The molecule has 1 fully saturated rings. The van der Waals surface area contributed by atoms with Crippen LogP contribution in [-0.2, 0) is 10.2 Å². The molecule has 1 rings (SSSR count). The third-order valence-electron chi connectivity index (χ3n) is 3.64. The van der Waals surface area contributed by atoms with Crippen molar-refractivity contribution in [1.29, 1.82) is 0 Å². The van der Waals surface area contributed by atoms with E-state index in [-0.39, 0.29) is 5.54 Å². The first-order chi connectivity index (χ1) is 7.96. The van der Waals surface area contributed by atoms with Gasteiger partial charge < -0.3 is 5.32 Å². The Labute approximate surface area is 105 Å². The summed E-state index contributed by atoms with van der Waals surface area (Å²) in [6.07, 6.45) is 4.75. The van der Waals surface area contributed by atoms with E-state index in [4.69, 9.17) is 0 Å². The normalized spacial score (nSPS) is 19.3. The Hall–Kier alpha value is -0.170. The molecule has 0 aromatic carbocycles. The highest BCUT2D eigenvalue weighted by molar-refractivity contribution is 7.87. The fraction of sp³-hybridized carbons (Fsp3) is 1.00. The third-order valence-corrected chi connectivity index (χ3v) is 5.34. The van der Waals surface area contributed by atoms with Crippen LogP contribution >= 0.6 is 0 Å². The topological polar surface area (TPSA) is 61.4 Å². The summed E-state index contributed by atoms with van der Waals surface area (Å²) >= 11 is 0. The zero-order valence-corrected chi connectivity index (χ0v) is 11.9. The molecule has 0 amide bonds. The molecule has 6 heteroatoms. The molecule has 0 spiro atoms. The molecule has 0 aromatic rings. The number of rotatable bonds is 8. The molecule has 0 radical (unpaired) electrons. The fourth-order valence-corrected chi connectivity index (χ4v) is 3.50. The van der Waals surface area contributed by atoms with Crippen molar-refractivity contribution in [2.75, 3.05) is 27.2 Å². The van der Waals surface area contributed by atoms with Gasteiger partial charge in [-0.2, -0.15) is 17.4 Å². The Balaban J connectivity index is 2.49. The van der Waals surface area contributed by atoms with Crippen molar-refractivity contribution in [3.8, 4) is 0 Å². The SMILES string of the molecule is CCC1(NS(=O)(=O)N(C)CCCNC)CCC1. The molecule has 0 aromatic heterocycles. The Morgan fingerprint density at radius 3 is 2.41 bits per heavy atom. The Morgan fingerprint density at radius 1 is 1.35 bits per heavy atom. The van der Waals surface area contributed by atoms with Gasteiger partial charge in [0.05, 0.1) is 0 Å². The lowest BCUT2D eigenvalue weighted by atomic mass is 9.76. The Kier molecular flexibility index (Phi) is 5.37. The van der Waals surface area contributed by atoms with Crippen LogP contribution in [0.4, 0.5) is 0 Å². The van der Waals surface area contributed by atoms with Gasteiger partial charge in [-0.05, 0) is 45.7 Å². The molecule has 17 heavy (non-hydrogen) atoms. The summed E-state index contributed by atoms with van der Waals surface area (Å²) in [6, 6.07) is 0. The minimum atomic E-state index is -3.32. The number of nitrogens with zero attached hydrogens (tertiary/aromatic N) is 1. The van der Waals surface area contributed by atoms with Crippen LogP contribution < -0.4 is 10.0 Å². The van der Waals surface area contributed by atoms with E-state index in [1.165, 1.54) is 4.31 Å². The van der Waals surface area contributed by atoms with E-state index in [1.807, 2.05) is 14.0 Å². The zero-order valence-electron chi connectivity index (χ0n) is 11.1. The molecule has 102 valence electrons. The quantitative estimate of drug-likeness (QED) is 0.634. The highest BCUT2D eigenvalue weighted by Gasteiger charge is 2.39. The summed E-state index contributed by atoms with van der Waals surface area (Å²) in [5.74, 6) is 0. The van der Waals surface area contributed by atoms with Crippen molar-refractivity contribution in [3.63, 3.8) is 0 Å². The molecule has 1 aliphatic rings. The van der Waals surface area contributed by atoms with Gasteiger partial charge in [0.2, 0.25) is 0 Å². The van der Waals surface area contributed by atoms with Crippen molar-refractivity contribution in [1.82, 2.24) is 14.3 Å². The van der Waals surface area contributed by atoms with E-state index in [2.05, 4.69) is 10.0 Å². The standard InChI is InChI=1S/C11H25N3O2S/c1-4-11(7-5-8-11)13-17(15,16)14(3)10-6-9-12-2/h12-13H,4-10H2,1-3H3. The van der Waals surface area contributed by atoms with Gasteiger partial charge >= 0.3 is 0 Å². The molecule has 1 aliphatic carbocycles. The molecule has 0 atom stereocenters. The van der Waals surface area contributed by atoms with Gasteiger partial charge in [-0.15, -0.1) is 0 Å². The Bertz CT molecular complexity index is 320. The van der Waals surface area contributed by atoms with Crippen molar-refractivity contribution in [3.05, 3.63) is 0 Å². The van der Waals surface area contributed by atoms with Crippen LogP contribution in [-0.4, -0.2) is 45.4 Å². The zero-order chi connectivity index (χ0) is 12.9. The molecular weight excluding hydrogens is 238 g/mol. The van der Waals surface area contributed by atoms with Gasteiger partial charge in [-0.3, -0.25) is 0 Å². The second-order valence-corrected chi connectivity index (χ2v) is 6.65. The summed E-state index contributed by atoms with van der Waals surface area (Å²) < 4.78 is 28.4. The molecule has 5 nitrogen and oxygen atoms in total. The molecule has 2 N–H and O–H groups in total.